The minimum Gasteiger partial charge on any atom is -0.340 e. The standard InChI is InChI=1S/C17H26N6O2/c1-4-22(11-16-20-13(3)25-21-16)14-6-5-8-23(9-7-14)17(24)15-10-18-12(2)19-15/h10,14H,4-9,11H2,1-3H3,(H,18,19). The molecule has 1 saturated heterocycles. The Morgan fingerprint density at radius 1 is 1.40 bits per heavy atom. The van der Waals surface area contributed by atoms with Crippen molar-refractivity contribution in [1.82, 2.24) is 29.9 Å². The molecule has 8 nitrogen and oxygen atoms in total. The normalized spacial score (nSPS) is 18.6. The van der Waals surface area contributed by atoms with E-state index in [0.717, 1.165) is 50.5 Å². The lowest BCUT2D eigenvalue weighted by atomic mass is 10.1. The number of aromatic nitrogens is 4. The van der Waals surface area contributed by atoms with Gasteiger partial charge in [0.15, 0.2) is 5.82 Å². The van der Waals surface area contributed by atoms with Gasteiger partial charge < -0.3 is 14.4 Å². The van der Waals surface area contributed by atoms with Crippen LogP contribution in [0.5, 0.6) is 0 Å². The maximum absolute atomic E-state index is 12.6. The molecule has 8 heteroatoms. The summed E-state index contributed by atoms with van der Waals surface area (Å²) in [6.45, 7) is 8.95. The minimum atomic E-state index is 0.0399. The second-order valence-corrected chi connectivity index (χ2v) is 6.55. The van der Waals surface area contributed by atoms with Crippen LogP contribution in [0.2, 0.25) is 0 Å². The van der Waals surface area contributed by atoms with Gasteiger partial charge in [-0.25, -0.2) is 4.98 Å². The maximum Gasteiger partial charge on any atom is 0.271 e. The number of hydrogen-bond donors (Lipinski definition) is 1. The number of carbonyl (C=O) groups excluding carboxylic acids is 1. The molecule has 3 heterocycles. The molecule has 3 rings (SSSR count). The summed E-state index contributed by atoms with van der Waals surface area (Å²) >= 11 is 0. The Balaban J connectivity index is 1.60. The smallest absolute Gasteiger partial charge is 0.271 e. The number of nitrogens with one attached hydrogen (secondary N) is 1. The molecule has 1 atom stereocenters. The van der Waals surface area contributed by atoms with Gasteiger partial charge in [0.2, 0.25) is 5.89 Å². The van der Waals surface area contributed by atoms with Gasteiger partial charge in [-0.15, -0.1) is 0 Å². The second kappa shape index (κ2) is 7.77. The molecule has 2 aromatic rings. The van der Waals surface area contributed by atoms with Crippen LogP contribution >= 0.6 is 0 Å². The summed E-state index contributed by atoms with van der Waals surface area (Å²) in [5.74, 6) is 2.13. The maximum atomic E-state index is 12.6. The summed E-state index contributed by atoms with van der Waals surface area (Å²) < 4.78 is 5.07. The first-order valence-electron chi connectivity index (χ1n) is 8.91. The predicted molar refractivity (Wildman–Crippen MR) is 92.0 cm³/mol. The van der Waals surface area contributed by atoms with Crippen LogP contribution in [0.15, 0.2) is 10.7 Å². The number of amides is 1. The van der Waals surface area contributed by atoms with Crippen molar-refractivity contribution in [3.05, 3.63) is 29.4 Å². The van der Waals surface area contributed by atoms with Crippen molar-refractivity contribution in [3.63, 3.8) is 0 Å². The van der Waals surface area contributed by atoms with Crippen molar-refractivity contribution in [3.8, 4) is 0 Å². The molecule has 25 heavy (non-hydrogen) atoms. The fourth-order valence-electron chi connectivity index (χ4n) is 3.43. The topological polar surface area (TPSA) is 91.2 Å². The number of H-pyrrole nitrogens is 1. The monoisotopic (exact) mass is 346 g/mol. The number of nitrogens with zero attached hydrogens (tertiary/aromatic N) is 5. The Bertz CT molecular complexity index is 710. The Hall–Kier alpha value is -2.22. The molecule has 0 aromatic carbocycles. The van der Waals surface area contributed by atoms with Crippen LogP contribution in [-0.2, 0) is 6.54 Å². The average molecular weight is 346 g/mol. The quantitative estimate of drug-likeness (QED) is 0.889. The van der Waals surface area contributed by atoms with E-state index >= 15 is 0 Å². The molecule has 0 aliphatic carbocycles. The number of hydrogen-bond acceptors (Lipinski definition) is 6. The Labute approximate surface area is 147 Å². The number of aromatic amines is 1. The first-order chi connectivity index (χ1) is 12.1. The first kappa shape index (κ1) is 17.6. The summed E-state index contributed by atoms with van der Waals surface area (Å²) in [4.78, 5) is 28.4. The molecular weight excluding hydrogens is 320 g/mol. The van der Waals surface area contributed by atoms with Crippen molar-refractivity contribution in [1.29, 1.82) is 0 Å². The Morgan fingerprint density at radius 3 is 2.88 bits per heavy atom. The lowest BCUT2D eigenvalue weighted by Crippen LogP contribution is -2.37. The lowest BCUT2D eigenvalue weighted by molar-refractivity contribution is 0.0750. The van der Waals surface area contributed by atoms with Gasteiger partial charge in [0, 0.05) is 26.1 Å². The largest absolute Gasteiger partial charge is 0.340 e. The number of aryl methyl sites for hydroxylation is 2. The van der Waals surface area contributed by atoms with Crippen LogP contribution in [-0.4, -0.2) is 61.5 Å². The van der Waals surface area contributed by atoms with E-state index in [-0.39, 0.29) is 5.91 Å². The SMILES string of the molecule is CCN(Cc1noc(C)n1)C1CCCN(C(=O)c2cnc(C)[nH]2)CC1. The van der Waals surface area contributed by atoms with Gasteiger partial charge in [0.1, 0.15) is 11.5 Å². The van der Waals surface area contributed by atoms with Crippen molar-refractivity contribution in [2.24, 2.45) is 0 Å². The molecule has 0 saturated carbocycles. The molecule has 0 bridgehead atoms. The zero-order valence-corrected chi connectivity index (χ0v) is 15.2. The van der Waals surface area contributed by atoms with E-state index in [1.54, 1.807) is 13.1 Å². The zero-order chi connectivity index (χ0) is 17.8. The van der Waals surface area contributed by atoms with E-state index in [9.17, 15) is 4.79 Å². The molecule has 1 fully saturated rings. The molecule has 2 aromatic heterocycles. The van der Waals surface area contributed by atoms with E-state index in [0.29, 0.717) is 24.2 Å². The molecule has 1 N–H and O–H groups in total. The van der Waals surface area contributed by atoms with E-state index in [4.69, 9.17) is 4.52 Å². The lowest BCUT2D eigenvalue weighted by Gasteiger charge is -2.28. The van der Waals surface area contributed by atoms with E-state index in [1.807, 2.05) is 11.8 Å². The van der Waals surface area contributed by atoms with Crippen molar-refractivity contribution < 1.29 is 9.32 Å². The second-order valence-electron chi connectivity index (χ2n) is 6.55. The molecule has 1 unspecified atom stereocenters. The van der Waals surface area contributed by atoms with E-state index < -0.39 is 0 Å². The molecule has 1 amide bonds. The predicted octanol–water partition coefficient (Wildman–Crippen LogP) is 1.93. The van der Waals surface area contributed by atoms with Crippen molar-refractivity contribution >= 4 is 5.91 Å². The fourth-order valence-corrected chi connectivity index (χ4v) is 3.43. The van der Waals surface area contributed by atoms with Gasteiger partial charge in [0.05, 0.1) is 12.7 Å². The molecule has 1 aliphatic rings. The molecule has 0 spiro atoms. The van der Waals surface area contributed by atoms with Crippen LogP contribution in [0.3, 0.4) is 0 Å². The number of imidazole rings is 1. The van der Waals surface area contributed by atoms with Gasteiger partial charge in [-0.2, -0.15) is 4.98 Å². The third-order valence-electron chi connectivity index (χ3n) is 4.75. The number of rotatable bonds is 5. The molecule has 0 radical (unpaired) electrons. The molecule has 1 aliphatic heterocycles. The summed E-state index contributed by atoms with van der Waals surface area (Å²) in [6.07, 6.45) is 4.63. The van der Waals surface area contributed by atoms with E-state index in [2.05, 4.69) is 31.9 Å². The van der Waals surface area contributed by atoms with Gasteiger partial charge in [-0.05, 0) is 32.7 Å². The van der Waals surface area contributed by atoms with Crippen LogP contribution in [0.4, 0.5) is 0 Å². The summed E-state index contributed by atoms with van der Waals surface area (Å²) in [7, 11) is 0. The highest BCUT2D eigenvalue weighted by Crippen LogP contribution is 2.19. The van der Waals surface area contributed by atoms with Crippen LogP contribution in [0, 0.1) is 13.8 Å². The average Bonchev–Trinajstić information content (AvgIpc) is 3.13. The Kier molecular flexibility index (Phi) is 5.47. The van der Waals surface area contributed by atoms with Gasteiger partial charge in [-0.1, -0.05) is 12.1 Å². The summed E-state index contributed by atoms with van der Waals surface area (Å²) in [5, 5.41) is 4.00. The molecular formula is C17H26N6O2. The Morgan fingerprint density at radius 2 is 2.24 bits per heavy atom. The fraction of sp³-hybridized carbons (Fsp3) is 0.647. The third kappa shape index (κ3) is 4.25. The number of carbonyl (C=O) groups is 1. The minimum absolute atomic E-state index is 0.0399. The first-order valence-corrected chi connectivity index (χ1v) is 8.91. The summed E-state index contributed by atoms with van der Waals surface area (Å²) in [6, 6.07) is 0.421. The van der Waals surface area contributed by atoms with Crippen LogP contribution in [0.1, 0.15) is 54.2 Å². The van der Waals surface area contributed by atoms with Crippen molar-refractivity contribution in [2.45, 2.75) is 52.6 Å². The van der Waals surface area contributed by atoms with Gasteiger partial charge in [0.25, 0.3) is 5.91 Å². The van der Waals surface area contributed by atoms with E-state index in [1.165, 1.54) is 0 Å². The highest BCUT2D eigenvalue weighted by molar-refractivity contribution is 5.92. The van der Waals surface area contributed by atoms with Gasteiger partial charge >= 0.3 is 0 Å². The highest BCUT2D eigenvalue weighted by Gasteiger charge is 2.26. The van der Waals surface area contributed by atoms with Crippen molar-refractivity contribution in [2.75, 3.05) is 19.6 Å². The third-order valence-corrected chi connectivity index (χ3v) is 4.75. The van der Waals surface area contributed by atoms with Gasteiger partial charge in [-0.3, -0.25) is 9.69 Å². The highest BCUT2D eigenvalue weighted by atomic mass is 16.5. The zero-order valence-electron chi connectivity index (χ0n) is 15.2. The summed E-state index contributed by atoms with van der Waals surface area (Å²) in [5.41, 5.74) is 0.575. The molecule has 136 valence electrons. The van der Waals surface area contributed by atoms with Crippen LogP contribution in [0.25, 0.3) is 0 Å². The number of likely N-dealkylation sites (tertiary alicyclic amines) is 1. The van der Waals surface area contributed by atoms with Crippen LogP contribution < -0.4 is 0 Å².